The SMILES string of the molecule is CCc1nc2sc(C)c(-c3ccc(F)cc3)c2c(=O)n1C(C)C(N)=O. The van der Waals surface area contributed by atoms with Gasteiger partial charge in [0, 0.05) is 16.9 Å². The molecule has 1 unspecified atom stereocenters. The van der Waals surface area contributed by atoms with E-state index < -0.39 is 11.9 Å². The lowest BCUT2D eigenvalue weighted by Gasteiger charge is -2.16. The van der Waals surface area contributed by atoms with E-state index in [9.17, 15) is 14.0 Å². The van der Waals surface area contributed by atoms with Gasteiger partial charge in [0.05, 0.1) is 5.39 Å². The molecule has 7 heteroatoms. The third-order valence-corrected chi connectivity index (χ3v) is 5.25. The number of aryl methyl sites for hydroxylation is 2. The molecule has 0 saturated heterocycles. The first-order chi connectivity index (χ1) is 11.8. The van der Waals surface area contributed by atoms with E-state index in [1.165, 1.54) is 28.0 Å². The fraction of sp³-hybridized carbons (Fsp3) is 0.278. The minimum atomic E-state index is -0.791. The van der Waals surface area contributed by atoms with E-state index in [1.807, 2.05) is 13.8 Å². The molecular formula is C18H18FN3O2S. The lowest BCUT2D eigenvalue weighted by Crippen LogP contribution is -2.34. The van der Waals surface area contributed by atoms with Crippen molar-refractivity contribution in [3.05, 3.63) is 51.1 Å². The number of hydrogen-bond donors (Lipinski definition) is 1. The van der Waals surface area contributed by atoms with Crippen LogP contribution in [0.15, 0.2) is 29.1 Å². The van der Waals surface area contributed by atoms with Crippen LogP contribution in [0.2, 0.25) is 0 Å². The molecule has 1 amide bonds. The molecule has 0 bridgehead atoms. The first-order valence-electron chi connectivity index (χ1n) is 7.94. The third-order valence-electron chi connectivity index (χ3n) is 4.26. The average Bonchev–Trinajstić information content (AvgIpc) is 2.91. The van der Waals surface area contributed by atoms with Crippen LogP contribution in [0.4, 0.5) is 4.39 Å². The molecule has 5 nitrogen and oxygen atoms in total. The molecule has 130 valence electrons. The molecule has 0 aliphatic heterocycles. The summed E-state index contributed by atoms with van der Waals surface area (Å²) in [6.07, 6.45) is 0.506. The van der Waals surface area contributed by atoms with Crippen LogP contribution in [0.5, 0.6) is 0 Å². The number of nitrogens with two attached hydrogens (primary N) is 1. The Kier molecular flexibility index (Phi) is 4.43. The summed E-state index contributed by atoms with van der Waals surface area (Å²) in [5.74, 6) is -0.406. The number of amides is 1. The van der Waals surface area contributed by atoms with Gasteiger partial charge in [-0.1, -0.05) is 19.1 Å². The maximum atomic E-state index is 13.3. The van der Waals surface area contributed by atoms with Gasteiger partial charge < -0.3 is 5.73 Å². The van der Waals surface area contributed by atoms with Crippen LogP contribution >= 0.6 is 11.3 Å². The molecule has 0 aliphatic rings. The minimum Gasteiger partial charge on any atom is -0.368 e. The quantitative estimate of drug-likeness (QED) is 0.777. The van der Waals surface area contributed by atoms with Crippen LogP contribution in [0, 0.1) is 12.7 Å². The highest BCUT2D eigenvalue weighted by Crippen LogP contribution is 2.36. The standard InChI is InChI=1S/C18H18FN3O2S/c1-4-13-21-17-15(18(24)22(13)9(2)16(20)23)14(10(3)25-17)11-5-7-12(19)8-6-11/h5-9H,4H2,1-3H3,(H2,20,23). The van der Waals surface area contributed by atoms with Gasteiger partial charge in [0.25, 0.3) is 5.56 Å². The lowest BCUT2D eigenvalue weighted by molar-refractivity contribution is -0.120. The van der Waals surface area contributed by atoms with Crippen molar-refractivity contribution >= 4 is 27.5 Å². The molecule has 25 heavy (non-hydrogen) atoms. The highest BCUT2D eigenvalue weighted by atomic mass is 32.1. The van der Waals surface area contributed by atoms with Crippen molar-refractivity contribution in [1.82, 2.24) is 9.55 Å². The molecule has 2 heterocycles. The molecule has 2 N–H and O–H groups in total. The Labute approximate surface area is 147 Å². The topological polar surface area (TPSA) is 78.0 Å². The van der Waals surface area contributed by atoms with Gasteiger partial charge in [-0.05, 0) is 31.5 Å². The summed E-state index contributed by atoms with van der Waals surface area (Å²) >= 11 is 1.42. The summed E-state index contributed by atoms with van der Waals surface area (Å²) in [5.41, 5.74) is 6.59. The number of carbonyl (C=O) groups is 1. The van der Waals surface area contributed by atoms with Crippen molar-refractivity contribution in [3.63, 3.8) is 0 Å². The number of benzene rings is 1. The van der Waals surface area contributed by atoms with Gasteiger partial charge in [-0.3, -0.25) is 14.2 Å². The number of hydrogen-bond acceptors (Lipinski definition) is 4. The predicted molar refractivity (Wildman–Crippen MR) is 97.3 cm³/mol. The molecule has 3 rings (SSSR count). The zero-order valence-corrected chi connectivity index (χ0v) is 15.0. The fourth-order valence-electron chi connectivity index (χ4n) is 2.96. The first-order valence-corrected chi connectivity index (χ1v) is 8.76. The van der Waals surface area contributed by atoms with Crippen LogP contribution in [-0.2, 0) is 11.2 Å². The Morgan fingerprint density at radius 3 is 2.56 bits per heavy atom. The van der Waals surface area contributed by atoms with Crippen LogP contribution in [0.3, 0.4) is 0 Å². The van der Waals surface area contributed by atoms with E-state index in [0.717, 1.165) is 16.0 Å². The summed E-state index contributed by atoms with van der Waals surface area (Å²) in [4.78, 5) is 30.9. The normalized spacial score (nSPS) is 12.5. The summed E-state index contributed by atoms with van der Waals surface area (Å²) in [6, 6.07) is 5.20. The van der Waals surface area contributed by atoms with E-state index in [1.54, 1.807) is 19.1 Å². The molecule has 0 radical (unpaired) electrons. The predicted octanol–water partition coefficient (Wildman–Crippen LogP) is 3.18. The van der Waals surface area contributed by atoms with Gasteiger partial charge in [0.2, 0.25) is 5.91 Å². The van der Waals surface area contributed by atoms with Gasteiger partial charge in [-0.15, -0.1) is 11.3 Å². The summed E-state index contributed by atoms with van der Waals surface area (Å²) in [7, 11) is 0. The number of nitrogens with zero attached hydrogens (tertiary/aromatic N) is 2. The Bertz CT molecular complexity index is 1020. The molecule has 2 aromatic heterocycles. The van der Waals surface area contributed by atoms with E-state index in [0.29, 0.717) is 22.5 Å². The minimum absolute atomic E-state index is 0.295. The first kappa shape index (κ1) is 17.3. The van der Waals surface area contributed by atoms with Crippen molar-refractivity contribution in [3.8, 4) is 11.1 Å². The second-order valence-corrected chi connectivity index (χ2v) is 7.06. The highest BCUT2D eigenvalue weighted by Gasteiger charge is 2.23. The van der Waals surface area contributed by atoms with E-state index in [4.69, 9.17) is 5.73 Å². The third kappa shape index (κ3) is 2.84. The smallest absolute Gasteiger partial charge is 0.263 e. The van der Waals surface area contributed by atoms with Gasteiger partial charge in [-0.25, -0.2) is 9.37 Å². The van der Waals surface area contributed by atoms with Gasteiger partial charge >= 0.3 is 0 Å². The van der Waals surface area contributed by atoms with Crippen molar-refractivity contribution in [1.29, 1.82) is 0 Å². The van der Waals surface area contributed by atoms with E-state index >= 15 is 0 Å². The molecule has 1 atom stereocenters. The number of primary amides is 1. The zero-order chi connectivity index (χ0) is 18.3. The summed E-state index contributed by atoms with van der Waals surface area (Å²) in [6.45, 7) is 5.37. The second kappa shape index (κ2) is 6.40. The maximum Gasteiger partial charge on any atom is 0.263 e. The monoisotopic (exact) mass is 359 g/mol. The fourth-order valence-corrected chi connectivity index (χ4v) is 4.01. The van der Waals surface area contributed by atoms with Crippen molar-refractivity contribution in [2.24, 2.45) is 5.73 Å². The number of halogens is 1. The summed E-state index contributed by atoms with van der Waals surface area (Å²) < 4.78 is 14.6. The number of carbonyl (C=O) groups excluding carboxylic acids is 1. The zero-order valence-electron chi connectivity index (χ0n) is 14.2. The molecule has 3 aromatic rings. The van der Waals surface area contributed by atoms with E-state index in [2.05, 4.69) is 4.98 Å². The highest BCUT2D eigenvalue weighted by molar-refractivity contribution is 7.19. The second-order valence-electron chi connectivity index (χ2n) is 5.86. The van der Waals surface area contributed by atoms with Crippen molar-refractivity contribution in [2.45, 2.75) is 33.2 Å². The molecule has 0 spiro atoms. The maximum absolute atomic E-state index is 13.3. The van der Waals surface area contributed by atoms with E-state index in [-0.39, 0.29) is 11.4 Å². The van der Waals surface area contributed by atoms with Gasteiger partial charge in [-0.2, -0.15) is 0 Å². The van der Waals surface area contributed by atoms with Crippen LogP contribution in [0.25, 0.3) is 21.3 Å². The number of aromatic nitrogens is 2. The lowest BCUT2D eigenvalue weighted by atomic mass is 10.0. The van der Waals surface area contributed by atoms with Crippen LogP contribution < -0.4 is 11.3 Å². The Morgan fingerprint density at radius 2 is 2.00 bits per heavy atom. The van der Waals surface area contributed by atoms with Gasteiger partial charge in [0.1, 0.15) is 22.5 Å². The van der Waals surface area contributed by atoms with Crippen LogP contribution in [0.1, 0.15) is 30.6 Å². The molecule has 0 saturated carbocycles. The van der Waals surface area contributed by atoms with Crippen molar-refractivity contribution < 1.29 is 9.18 Å². The van der Waals surface area contributed by atoms with Gasteiger partial charge in [0.15, 0.2) is 0 Å². The largest absolute Gasteiger partial charge is 0.368 e. The average molecular weight is 359 g/mol. The number of fused-ring (bicyclic) bond motifs is 1. The Hall–Kier alpha value is -2.54. The van der Waals surface area contributed by atoms with Crippen LogP contribution in [-0.4, -0.2) is 15.5 Å². The number of thiophene rings is 1. The molecule has 1 aromatic carbocycles. The number of rotatable bonds is 4. The Balaban J connectivity index is 2.39. The molecular weight excluding hydrogens is 341 g/mol. The molecule has 0 fully saturated rings. The van der Waals surface area contributed by atoms with Crippen molar-refractivity contribution in [2.75, 3.05) is 0 Å². The summed E-state index contributed by atoms with van der Waals surface area (Å²) in [5, 5.41) is 0.444. The molecule has 0 aliphatic carbocycles. The Morgan fingerprint density at radius 1 is 1.36 bits per heavy atom.